The molecule has 112 valence electrons. The van der Waals surface area contributed by atoms with Crippen LogP contribution in [0.15, 0.2) is 30.5 Å². The van der Waals surface area contributed by atoms with Crippen LogP contribution in [0.25, 0.3) is 10.9 Å². The summed E-state index contributed by atoms with van der Waals surface area (Å²) in [6, 6.07) is 8.28. The highest BCUT2D eigenvalue weighted by atomic mass is 16.2. The molecule has 1 saturated heterocycles. The molecule has 21 heavy (non-hydrogen) atoms. The average molecular weight is 285 g/mol. The van der Waals surface area contributed by atoms with E-state index in [0.717, 1.165) is 55.4 Å². The Morgan fingerprint density at radius 2 is 2.10 bits per heavy atom. The Balaban J connectivity index is 1.91. The summed E-state index contributed by atoms with van der Waals surface area (Å²) >= 11 is 0. The number of piperidine rings is 1. The molecule has 0 spiro atoms. The molecule has 0 atom stereocenters. The predicted molar refractivity (Wildman–Crippen MR) is 85.5 cm³/mol. The van der Waals surface area contributed by atoms with Crippen LogP contribution in [-0.4, -0.2) is 41.5 Å². The lowest BCUT2D eigenvalue weighted by molar-refractivity contribution is 0.0644. The Bertz CT molecular complexity index is 613. The first-order valence-corrected chi connectivity index (χ1v) is 7.89. The monoisotopic (exact) mass is 285 g/mol. The maximum absolute atomic E-state index is 13.0. The number of nitrogens with one attached hydrogen (secondary N) is 2. The van der Waals surface area contributed by atoms with Gasteiger partial charge in [0.1, 0.15) is 0 Å². The molecule has 0 aliphatic carbocycles. The van der Waals surface area contributed by atoms with Gasteiger partial charge in [-0.25, -0.2) is 0 Å². The van der Waals surface area contributed by atoms with E-state index in [1.807, 2.05) is 30.5 Å². The Labute approximate surface area is 125 Å². The third-order valence-electron chi connectivity index (χ3n) is 4.30. The first-order valence-electron chi connectivity index (χ1n) is 7.89. The molecule has 1 aliphatic rings. The van der Waals surface area contributed by atoms with Gasteiger partial charge in [0.15, 0.2) is 0 Å². The fourth-order valence-electron chi connectivity index (χ4n) is 3.24. The van der Waals surface area contributed by atoms with Gasteiger partial charge in [-0.05, 0) is 50.6 Å². The molecular weight excluding hydrogens is 262 g/mol. The molecule has 1 fully saturated rings. The average Bonchev–Trinajstić information content (AvgIpc) is 3.01. The Kier molecular flexibility index (Phi) is 4.25. The molecule has 1 amide bonds. The van der Waals surface area contributed by atoms with Crippen molar-refractivity contribution in [3.05, 3.63) is 36.0 Å². The SMILES string of the molecule is CCCN(C(=O)c1cccc2[nH]ccc12)C1CCNCC1. The maximum atomic E-state index is 13.0. The predicted octanol–water partition coefficient (Wildman–Crippen LogP) is 2.77. The summed E-state index contributed by atoms with van der Waals surface area (Å²) in [5.41, 5.74) is 1.85. The minimum Gasteiger partial charge on any atom is -0.361 e. The molecule has 4 nitrogen and oxygen atoms in total. The summed E-state index contributed by atoms with van der Waals surface area (Å²) in [6.07, 6.45) is 5.00. The van der Waals surface area contributed by atoms with E-state index in [-0.39, 0.29) is 5.91 Å². The van der Waals surface area contributed by atoms with Gasteiger partial charge in [-0.2, -0.15) is 0 Å². The van der Waals surface area contributed by atoms with Crippen LogP contribution in [0.5, 0.6) is 0 Å². The number of aromatic nitrogens is 1. The zero-order valence-corrected chi connectivity index (χ0v) is 12.6. The second-order valence-electron chi connectivity index (χ2n) is 5.72. The molecule has 2 N–H and O–H groups in total. The topological polar surface area (TPSA) is 48.1 Å². The fraction of sp³-hybridized carbons (Fsp3) is 0.471. The van der Waals surface area contributed by atoms with Crippen LogP contribution in [0, 0.1) is 0 Å². The Morgan fingerprint density at radius 1 is 1.29 bits per heavy atom. The van der Waals surface area contributed by atoms with Gasteiger partial charge in [0.05, 0.1) is 0 Å². The number of H-pyrrole nitrogens is 1. The van der Waals surface area contributed by atoms with E-state index in [1.54, 1.807) is 0 Å². The summed E-state index contributed by atoms with van der Waals surface area (Å²) in [7, 11) is 0. The zero-order chi connectivity index (χ0) is 14.7. The molecule has 4 heteroatoms. The summed E-state index contributed by atoms with van der Waals surface area (Å²) in [5.74, 6) is 0.175. The number of nitrogens with zero attached hydrogens (tertiary/aromatic N) is 1. The van der Waals surface area contributed by atoms with E-state index < -0.39 is 0 Å². The number of carbonyl (C=O) groups is 1. The molecule has 3 rings (SSSR count). The molecule has 0 unspecified atom stereocenters. The minimum atomic E-state index is 0.175. The summed E-state index contributed by atoms with van der Waals surface area (Å²) in [6.45, 7) is 4.99. The van der Waals surface area contributed by atoms with Crippen molar-refractivity contribution in [1.29, 1.82) is 0 Å². The van der Waals surface area contributed by atoms with Gasteiger partial charge in [0, 0.05) is 35.2 Å². The van der Waals surface area contributed by atoms with Gasteiger partial charge in [0.25, 0.3) is 5.91 Å². The zero-order valence-electron chi connectivity index (χ0n) is 12.6. The first-order chi connectivity index (χ1) is 10.3. The van der Waals surface area contributed by atoms with Gasteiger partial charge >= 0.3 is 0 Å². The van der Waals surface area contributed by atoms with Crippen LogP contribution in [0.2, 0.25) is 0 Å². The molecular formula is C17H23N3O. The van der Waals surface area contributed by atoms with Crippen molar-refractivity contribution in [2.75, 3.05) is 19.6 Å². The van der Waals surface area contributed by atoms with Gasteiger partial charge < -0.3 is 15.2 Å². The van der Waals surface area contributed by atoms with Gasteiger partial charge in [-0.3, -0.25) is 4.79 Å². The third kappa shape index (κ3) is 2.81. The largest absolute Gasteiger partial charge is 0.361 e. The van der Waals surface area contributed by atoms with Crippen LogP contribution < -0.4 is 5.32 Å². The van der Waals surface area contributed by atoms with Crippen molar-refractivity contribution in [1.82, 2.24) is 15.2 Å². The van der Waals surface area contributed by atoms with Crippen molar-refractivity contribution in [2.45, 2.75) is 32.2 Å². The van der Waals surface area contributed by atoms with E-state index in [9.17, 15) is 4.79 Å². The Hall–Kier alpha value is -1.81. The number of hydrogen-bond acceptors (Lipinski definition) is 2. The van der Waals surface area contributed by atoms with Gasteiger partial charge in [-0.15, -0.1) is 0 Å². The highest BCUT2D eigenvalue weighted by molar-refractivity contribution is 6.06. The van der Waals surface area contributed by atoms with Crippen LogP contribution in [-0.2, 0) is 0 Å². The number of hydrogen-bond donors (Lipinski definition) is 2. The quantitative estimate of drug-likeness (QED) is 0.907. The summed E-state index contributed by atoms with van der Waals surface area (Å²) < 4.78 is 0. The fourth-order valence-corrected chi connectivity index (χ4v) is 3.24. The lowest BCUT2D eigenvalue weighted by atomic mass is 10.0. The number of carbonyl (C=O) groups excluding carboxylic acids is 1. The Morgan fingerprint density at radius 3 is 2.86 bits per heavy atom. The smallest absolute Gasteiger partial charge is 0.254 e. The third-order valence-corrected chi connectivity index (χ3v) is 4.30. The molecule has 1 aliphatic heterocycles. The van der Waals surface area contributed by atoms with E-state index in [1.165, 1.54) is 0 Å². The molecule has 0 radical (unpaired) electrons. The number of fused-ring (bicyclic) bond motifs is 1. The molecule has 0 saturated carbocycles. The highest BCUT2D eigenvalue weighted by Gasteiger charge is 2.26. The molecule has 1 aromatic heterocycles. The van der Waals surface area contributed by atoms with Crippen LogP contribution in [0.4, 0.5) is 0 Å². The van der Waals surface area contributed by atoms with E-state index in [2.05, 4.69) is 22.1 Å². The van der Waals surface area contributed by atoms with Crippen molar-refractivity contribution in [3.63, 3.8) is 0 Å². The van der Waals surface area contributed by atoms with E-state index in [4.69, 9.17) is 0 Å². The second-order valence-corrected chi connectivity index (χ2v) is 5.72. The molecule has 2 aromatic rings. The number of benzene rings is 1. The van der Waals surface area contributed by atoms with Crippen LogP contribution in [0.1, 0.15) is 36.5 Å². The summed E-state index contributed by atoms with van der Waals surface area (Å²) in [4.78, 5) is 18.3. The van der Waals surface area contributed by atoms with Gasteiger partial charge in [-0.1, -0.05) is 13.0 Å². The van der Waals surface area contributed by atoms with E-state index in [0.29, 0.717) is 6.04 Å². The van der Waals surface area contributed by atoms with Crippen molar-refractivity contribution in [2.24, 2.45) is 0 Å². The number of rotatable bonds is 4. The van der Waals surface area contributed by atoms with E-state index >= 15 is 0 Å². The second kappa shape index (κ2) is 6.31. The van der Waals surface area contributed by atoms with Crippen molar-refractivity contribution >= 4 is 16.8 Å². The molecule has 2 heterocycles. The maximum Gasteiger partial charge on any atom is 0.254 e. The highest BCUT2D eigenvalue weighted by Crippen LogP contribution is 2.22. The van der Waals surface area contributed by atoms with Crippen LogP contribution >= 0.6 is 0 Å². The van der Waals surface area contributed by atoms with Crippen molar-refractivity contribution in [3.8, 4) is 0 Å². The lowest BCUT2D eigenvalue weighted by Gasteiger charge is -2.34. The first kappa shape index (κ1) is 14.1. The van der Waals surface area contributed by atoms with Gasteiger partial charge in [0.2, 0.25) is 0 Å². The van der Waals surface area contributed by atoms with Crippen molar-refractivity contribution < 1.29 is 4.79 Å². The lowest BCUT2D eigenvalue weighted by Crippen LogP contribution is -2.46. The molecule has 0 bridgehead atoms. The summed E-state index contributed by atoms with van der Waals surface area (Å²) in [5, 5.41) is 4.40. The van der Waals surface area contributed by atoms with Crippen LogP contribution in [0.3, 0.4) is 0 Å². The standard InChI is InChI=1S/C17H23N3O/c1-2-12-20(13-6-9-18-10-7-13)17(21)15-4-3-5-16-14(15)8-11-19-16/h3-5,8,11,13,18-19H,2,6-7,9-10,12H2,1H3. The normalized spacial score (nSPS) is 16.2. The molecule has 1 aromatic carbocycles. The minimum absolute atomic E-state index is 0.175. The number of aromatic amines is 1. The number of amides is 1.